The lowest BCUT2D eigenvalue weighted by Crippen LogP contribution is -2.39. The van der Waals surface area contributed by atoms with Crippen LogP contribution in [0.25, 0.3) is 0 Å². The maximum absolute atomic E-state index is 13.5. The molecule has 0 spiro atoms. The van der Waals surface area contributed by atoms with E-state index >= 15 is 0 Å². The molecule has 3 aliphatic heterocycles. The van der Waals surface area contributed by atoms with Crippen LogP contribution in [0.4, 0.5) is 0 Å². The molecule has 0 saturated carbocycles. The van der Waals surface area contributed by atoms with Gasteiger partial charge in [0.1, 0.15) is 29.4 Å². The fraction of sp³-hybridized carbons (Fsp3) is 0.333. The summed E-state index contributed by atoms with van der Waals surface area (Å²) >= 11 is 0. The van der Waals surface area contributed by atoms with Gasteiger partial charge in [-0.15, -0.1) is 0 Å². The largest absolute Gasteiger partial charge is 0.497 e. The number of aromatic nitrogens is 2. The van der Waals surface area contributed by atoms with E-state index in [1.54, 1.807) is 44.6 Å². The number of methoxy groups -OCH3 is 2. The summed E-state index contributed by atoms with van der Waals surface area (Å²) in [5, 5.41) is 0. The van der Waals surface area contributed by atoms with Crippen LogP contribution in [0.2, 0.25) is 0 Å². The number of hydrogen-bond acceptors (Lipinski definition) is 11. The summed E-state index contributed by atoms with van der Waals surface area (Å²) in [6.07, 6.45) is -0.00704. The van der Waals surface area contributed by atoms with Gasteiger partial charge < -0.3 is 33.0 Å². The molecule has 0 amide bonds. The molecule has 15 heteroatoms. The zero-order valence-electron chi connectivity index (χ0n) is 31.5. The Morgan fingerprint density at radius 1 is 0.807 bits per heavy atom. The van der Waals surface area contributed by atoms with Gasteiger partial charge in [0.05, 0.1) is 43.7 Å². The van der Waals surface area contributed by atoms with Crippen LogP contribution in [0.3, 0.4) is 0 Å². The van der Waals surface area contributed by atoms with E-state index in [1.807, 2.05) is 78.9 Å². The minimum Gasteiger partial charge on any atom is -0.497 e. The molecule has 298 valence electrons. The quantitative estimate of drug-likeness (QED) is 0.107. The number of sulfone groups is 1. The van der Waals surface area contributed by atoms with E-state index in [2.05, 4.69) is 9.65 Å². The Hall–Kier alpha value is -4.66. The van der Waals surface area contributed by atoms with Crippen LogP contribution in [0.5, 0.6) is 11.5 Å². The Morgan fingerprint density at radius 2 is 1.42 bits per heavy atom. The van der Waals surface area contributed by atoms with Gasteiger partial charge in [-0.2, -0.15) is 0 Å². The van der Waals surface area contributed by atoms with Crippen LogP contribution < -0.4 is 20.7 Å². The van der Waals surface area contributed by atoms with Crippen LogP contribution in [0.15, 0.2) is 136 Å². The van der Waals surface area contributed by atoms with Crippen molar-refractivity contribution < 1.29 is 36.4 Å². The number of nitrogens with one attached hydrogen (secondary N) is 1. The first kappa shape index (κ1) is 39.2. The first-order chi connectivity index (χ1) is 27.7. The minimum atomic E-state index is -3.64. The highest BCUT2D eigenvalue weighted by molar-refractivity contribution is 7.91. The SMILES string of the molecule is COc1ccc(C(OC[C@@H]2O[C@H](n3c(=O)cc[nH]c3=O)C[C@H]2O[P@]2O[C@H](CS(=O)(=O)c3ccccc3)[C@@H]3CCCN32)(c2ccccc2)c2ccc(OC)cc2)cc1. The van der Waals surface area contributed by atoms with E-state index in [-0.39, 0.29) is 29.7 Å². The van der Waals surface area contributed by atoms with Gasteiger partial charge in [-0.05, 0) is 65.9 Å². The van der Waals surface area contributed by atoms with E-state index in [0.717, 1.165) is 34.1 Å². The van der Waals surface area contributed by atoms with Crippen molar-refractivity contribution in [1.82, 2.24) is 14.2 Å². The smallest absolute Gasteiger partial charge is 0.330 e. The molecule has 5 aromatic rings. The Morgan fingerprint density at radius 3 is 2.04 bits per heavy atom. The van der Waals surface area contributed by atoms with Crippen molar-refractivity contribution in [2.45, 2.75) is 60.3 Å². The van der Waals surface area contributed by atoms with Crippen LogP contribution in [0.1, 0.15) is 42.2 Å². The van der Waals surface area contributed by atoms with Gasteiger partial charge in [-0.25, -0.2) is 22.4 Å². The van der Waals surface area contributed by atoms with Crippen molar-refractivity contribution in [3.8, 4) is 11.5 Å². The third-order valence-electron chi connectivity index (χ3n) is 10.8. The van der Waals surface area contributed by atoms with Crippen molar-refractivity contribution in [3.05, 3.63) is 159 Å². The molecule has 13 nitrogen and oxygen atoms in total. The van der Waals surface area contributed by atoms with Gasteiger partial charge in [-0.3, -0.25) is 4.79 Å². The topological polar surface area (TPSA) is 148 Å². The van der Waals surface area contributed by atoms with Gasteiger partial charge in [0.2, 0.25) is 0 Å². The summed E-state index contributed by atoms with van der Waals surface area (Å²) in [5.74, 6) is 1.17. The molecule has 0 bridgehead atoms. The number of nitrogens with zero attached hydrogens (tertiary/aromatic N) is 2. The molecule has 4 heterocycles. The highest BCUT2D eigenvalue weighted by Gasteiger charge is 2.51. The van der Waals surface area contributed by atoms with Gasteiger partial charge >= 0.3 is 5.69 Å². The molecule has 1 aromatic heterocycles. The number of fused-ring (bicyclic) bond motifs is 1. The summed E-state index contributed by atoms with van der Waals surface area (Å²) in [7, 11) is -2.16. The fourth-order valence-corrected chi connectivity index (χ4v) is 11.6. The molecule has 0 aliphatic carbocycles. The fourth-order valence-electron chi connectivity index (χ4n) is 8.00. The molecule has 3 aliphatic rings. The van der Waals surface area contributed by atoms with Gasteiger partial charge in [0.25, 0.3) is 14.1 Å². The molecule has 3 fully saturated rings. The lowest BCUT2D eigenvalue weighted by Gasteiger charge is -2.37. The number of benzene rings is 4. The number of aromatic amines is 1. The summed E-state index contributed by atoms with van der Waals surface area (Å²) in [6, 6.07) is 34.7. The first-order valence-electron chi connectivity index (χ1n) is 18.8. The predicted molar refractivity (Wildman–Crippen MR) is 213 cm³/mol. The normalized spacial score (nSPS) is 23.7. The predicted octanol–water partition coefficient (Wildman–Crippen LogP) is 5.80. The van der Waals surface area contributed by atoms with Crippen LogP contribution in [0, 0.1) is 0 Å². The average molecular weight is 814 g/mol. The molecule has 0 unspecified atom stereocenters. The van der Waals surface area contributed by atoms with Crippen LogP contribution in [-0.2, 0) is 34.0 Å². The third kappa shape index (κ3) is 7.83. The van der Waals surface area contributed by atoms with E-state index in [9.17, 15) is 18.0 Å². The Bertz CT molecular complexity index is 2290. The number of ether oxygens (including phenoxy) is 4. The maximum atomic E-state index is 13.5. The molecular formula is C42H44N3O10PS. The van der Waals surface area contributed by atoms with Crippen molar-refractivity contribution in [2.75, 3.05) is 33.1 Å². The standard InChI is InChI=1S/C42H44N3O10PS/c1-50-32-19-15-30(16-20-32)42(29-10-5-3-6-11-29,31-17-21-33(51-2)22-18-31)52-27-37-36(26-40(53-37)45-39(46)23-24-43-41(45)47)54-56-44-25-9-14-35(44)38(55-56)28-57(48,49)34-12-7-4-8-13-34/h3-8,10-13,15-24,35-38,40H,9,14,25-28H2,1-2H3,(H,43,47)/t35-,36+,37-,38+,40-,56+/m0/s1. The second-order valence-corrected chi connectivity index (χ2v) is 17.6. The van der Waals surface area contributed by atoms with Gasteiger partial charge in [-0.1, -0.05) is 72.8 Å². The summed E-state index contributed by atoms with van der Waals surface area (Å²) < 4.78 is 68.3. The molecule has 0 radical (unpaired) electrons. The number of rotatable bonds is 14. The Kier molecular flexibility index (Phi) is 11.5. The second-order valence-electron chi connectivity index (χ2n) is 14.2. The molecule has 4 aromatic carbocycles. The highest BCUT2D eigenvalue weighted by atomic mass is 32.2. The highest BCUT2D eigenvalue weighted by Crippen LogP contribution is 2.58. The number of hydrogen-bond donors (Lipinski definition) is 1. The minimum absolute atomic E-state index is 0.0357. The van der Waals surface area contributed by atoms with Crippen molar-refractivity contribution in [2.24, 2.45) is 0 Å². The summed E-state index contributed by atoms with van der Waals surface area (Å²) in [5.41, 5.74) is 0.152. The Labute approximate surface area is 332 Å². The monoisotopic (exact) mass is 813 g/mol. The third-order valence-corrected chi connectivity index (χ3v) is 14.4. The second kappa shape index (κ2) is 16.7. The lowest BCUT2D eigenvalue weighted by molar-refractivity contribution is -0.0925. The lowest BCUT2D eigenvalue weighted by atomic mass is 9.80. The van der Waals surface area contributed by atoms with Crippen molar-refractivity contribution >= 4 is 18.4 Å². The molecular weight excluding hydrogens is 770 g/mol. The maximum Gasteiger partial charge on any atom is 0.330 e. The number of H-pyrrole nitrogens is 1. The van der Waals surface area contributed by atoms with Crippen molar-refractivity contribution in [3.63, 3.8) is 0 Å². The molecule has 1 N–H and O–H groups in total. The van der Waals surface area contributed by atoms with Crippen LogP contribution in [-0.4, -0.2) is 80.1 Å². The zero-order chi connectivity index (χ0) is 39.6. The van der Waals surface area contributed by atoms with Gasteiger partial charge in [0, 0.05) is 31.3 Å². The van der Waals surface area contributed by atoms with Crippen LogP contribution >= 0.6 is 8.53 Å². The van der Waals surface area contributed by atoms with E-state index < -0.39 is 59.8 Å². The molecule has 8 rings (SSSR count). The molecule has 57 heavy (non-hydrogen) atoms. The first-order valence-corrected chi connectivity index (χ1v) is 21.6. The summed E-state index contributed by atoms with van der Waals surface area (Å²) in [4.78, 5) is 29.0. The van der Waals surface area contributed by atoms with Gasteiger partial charge in [0.15, 0.2) is 9.84 Å². The molecule has 3 saturated heterocycles. The Balaban J connectivity index is 1.14. The van der Waals surface area contributed by atoms with E-state index in [4.69, 9.17) is 28.0 Å². The molecule has 6 atom stereocenters. The zero-order valence-corrected chi connectivity index (χ0v) is 33.2. The van der Waals surface area contributed by atoms with E-state index in [1.165, 1.54) is 12.3 Å². The summed E-state index contributed by atoms with van der Waals surface area (Å²) in [6.45, 7) is 0.645. The average Bonchev–Trinajstić information content (AvgIpc) is 3.96. The van der Waals surface area contributed by atoms with E-state index in [0.29, 0.717) is 18.0 Å². The van der Waals surface area contributed by atoms with Crippen molar-refractivity contribution in [1.29, 1.82) is 0 Å².